The lowest BCUT2D eigenvalue weighted by molar-refractivity contribution is -0.142. The number of amides is 2. The molecule has 1 fully saturated rings. The second-order valence-corrected chi connectivity index (χ2v) is 6.16. The third-order valence-electron chi connectivity index (χ3n) is 4.13. The number of hydrogen-bond acceptors (Lipinski definition) is 5. The molecule has 0 radical (unpaired) electrons. The Kier molecular flexibility index (Phi) is 5.14. The van der Waals surface area contributed by atoms with E-state index in [1.807, 2.05) is 44.2 Å². The largest absolute Gasteiger partial charge is 0.375 e. The van der Waals surface area contributed by atoms with E-state index in [9.17, 15) is 9.59 Å². The maximum Gasteiger partial charge on any atom is 0.273 e. The van der Waals surface area contributed by atoms with Crippen LogP contribution in [0.4, 0.5) is 0 Å². The highest BCUT2D eigenvalue weighted by Crippen LogP contribution is 2.19. The molecule has 0 aliphatic carbocycles. The van der Waals surface area contributed by atoms with Gasteiger partial charge in [-0.25, -0.2) is 0 Å². The number of benzene rings is 1. The SMILES string of the molecule is CC1CN(C(=O)CNC(=O)c2cc(-c3ccccc3)on2)C(C)CO1. The lowest BCUT2D eigenvalue weighted by atomic mass is 10.1. The highest BCUT2D eigenvalue weighted by molar-refractivity contribution is 5.95. The molecule has 7 heteroatoms. The van der Waals surface area contributed by atoms with Gasteiger partial charge in [0, 0.05) is 18.2 Å². The Labute approximate surface area is 145 Å². The van der Waals surface area contributed by atoms with Crippen molar-refractivity contribution in [1.29, 1.82) is 0 Å². The van der Waals surface area contributed by atoms with Crippen molar-refractivity contribution in [1.82, 2.24) is 15.4 Å². The number of nitrogens with zero attached hydrogens (tertiary/aromatic N) is 2. The molecule has 25 heavy (non-hydrogen) atoms. The van der Waals surface area contributed by atoms with Gasteiger partial charge in [-0.15, -0.1) is 0 Å². The Morgan fingerprint density at radius 3 is 2.80 bits per heavy atom. The van der Waals surface area contributed by atoms with E-state index >= 15 is 0 Å². The van der Waals surface area contributed by atoms with Gasteiger partial charge in [-0.1, -0.05) is 35.5 Å². The van der Waals surface area contributed by atoms with Gasteiger partial charge in [0.15, 0.2) is 11.5 Å². The normalized spacial score (nSPS) is 20.3. The maximum atomic E-state index is 12.3. The topological polar surface area (TPSA) is 84.7 Å². The lowest BCUT2D eigenvalue weighted by Crippen LogP contribution is -2.52. The van der Waals surface area contributed by atoms with Crippen molar-refractivity contribution >= 4 is 11.8 Å². The first kappa shape index (κ1) is 17.2. The van der Waals surface area contributed by atoms with Crippen molar-refractivity contribution in [3.05, 3.63) is 42.1 Å². The average Bonchev–Trinajstić information content (AvgIpc) is 3.12. The molecule has 7 nitrogen and oxygen atoms in total. The standard InChI is InChI=1S/C18H21N3O4/c1-12-11-24-13(2)10-21(12)17(22)9-19-18(23)15-8-16(25-20-15)14-6-4-3-5-7-14/h3-8,12-13H,9-11H2,1-2H3,(H,19,23). The first-order chi connectivity index (χ1) is 12.0. The van der Waals surface area contributed by atoms with Crippen molar-refractivity contribution in [2.45, 2.75) is 26.0 Å². The van der Waals surface area contributed by atoms with Gasteiger partial charge in [-0.05, 0) is 13.8 Å². The number of aromatic nitrogens is 1. The number of ether oxygens (including phenoxy) is 1. The summed E-state index contributed by atoms with van der Waals surface area (Å²) in [4.78, 5) is 26.3. The second kappa shape index (κ2) is 7.48. The van der Waals surface area contributed by atoms with Gasteiger partial charge in [-0.2, -0.15) is 0 Å². The van der Waals surface area contributed by atoms with Gasteiger partial charge in [0.2, 0.25) is 5.91 Å². The summed E-state index contributed by atoms with van der Waals surface area (Å²) >= 11 is 0. The molecule has 0 spiro atoms. The fourth-order valence-corrected chi connectivity index (χ4v) is 2.72. The molecular formula is C18H21N3O4. The summed E-state index contributed by atoms with van der Waals surface area (Å²) in [6.07, 6.45) is -0.000164. The number of rotatable bonds is 4. The zero-order valence-electron chi connectivity index (χ0n) is 14.3. The van der Waals surface area contributed by atoms with E-state index in [2.05, 4.69) is 10.5 Å². The molecular weight excluding hydrogens is 322 g/mol. The van der Waals surface area contributed by atoms with E-state index in [0.717, 1.165) is 5.56 Å². The molecule has 1 aliphatic rings. The van der Waals surface area contributed by atoms with Gasteiger partial charge in [0.25, 0.3) is 5.91 Å². The first-order valence-corrected chi connectivity index (χ1v) is 8.26. The fourth-order valence-electron chi connectivity index (χ4n) is 2.72. The van der Waals surface area contributed by atoms with Crippen molar-refractivity contribution in [3.63, 3.8) is 0 Å². The van der Waals surface area contributed by atoms with Gasteiger partial charge >= 0.3 is 0 Å². The number of hydrogen-bond donors (Lipinski definition) is 1. The quantitative estimate of drug-likeness (QED) is 0.913. The molecule has 2 heterocycles. The molecule has 2 amide bonds. The Hall–Kier alpha value is -2.67. The van der Waals surface area contributed by atoms with E-state index in [1.54, 1.807) is 11.0 Å². The minimum atomic E-state index is -0.437. The summed E-state index contributed by atoms with van der Waals surface area (Å²) in [7, 11) is 0. The van der Waals surface area contributed by atoms with Crippen LogP contribution in [0.2, 0.25) is 0 Å². The van der Waals surface area contributed by atoms with Crippen LogP contribution in [0.5, 0.6) is 0 Å². The van der Waals surface area contributed by atoms with Crippen LogP contribution in [0.25, 0.3) is 11.3 Å². The molecule has 132 valence electrons. The predicted octanol–water partition coefficient (Wildman–Crippen LogP) is 1.71. The first-order valence-electron chi connectivity index (χ1n) is 8.26. The smallest absolute Gasteiger partial charge is 0.273 e. The molecule has 0 bridgehead atoms. The van der Waals surface area contributed by atoms with Crippen molar-refractivity contribution in [3.8, 4) is 11.3 Å². The molecule has 1 aromatic carbocycles. The van der Waals surface area contributed by atoms with Crippen molar-refractivity contribution in [2.24, 2.45) is 0 Å². The Morgan fingerprint density at radius 1 is 1.28 bits per heavy atom. The van der Waals surface area contributed by atoms with Crippen LogP contribution >= 0.6 is 0 Å². The highest BCUT2D eigenvalue weighted by Gasteiger charge is 2.27. The fraction of sp³-hybridized carbons (Fsp3) is 0.389. The zero-order valence-corrected chi connectivity index (χ0v) is 14.3. The second-order valence-electron chi connectivity index (χ2n) is 6.16. The Bertz CT molecular complexity index is 744. The van der Waals surface area contributed by atoms with E-state index in [0.29, 0.717) is 18.9 Å². The van der Waals surface area contributed by atoms with E-state index in [-0.39, 0.29) is 30.3 Å². The Balaban J connectivity index is 1.58. The van der Waals surface area contributed by atoms with Gasteiger partial charge in [-0.3, -0.25) is 9.59 Å². The van der Waals surface area contributed by atoms with Crippen LogP contribution < -0.4 is 5.32 Å². The number of carbonyl (C=O) groups excluding carboxylic acids is 2. The summed E-state index contributed by atoms with van der Waals surface area (Å²) in [6.45, 7) is 4.80. The van der Waals surface area contributed by atoms with E-state index in [4.69, 9.17) is 9.26 Å². The van der Waals surface area contributed by atoms with Gasteiger partial charge in [0.05, 0.1) is 25.3 Å². The van der Waals surface area contributed by atoms with Crippen LogP contribution in [0.15, 0.2) is 40.9 Å². The van der Waals surface area contributed by atoms with Gasteiger partial charge < -0.3 is 19.5 Å². The maximum absolute atomic E-state index is 12.3. The predicted molar refractivity (Wildman–Crippen MR) is 90.9 cm³/mol. The summed E-state index contributed by atoms with van der Waals surface area (Å²) < 4.78 is 10.7. The van der Waals surface area contributed by atoms with Crippen LogP contribution in [0.3, 0.4) is 0 Å². The summed E-state index contributed by atoms with van der Waals surface area (Å²) in [5.41, 5.74) is 0.983. The van der Waals surface area contributed by atoms with Crippen molar-refractivity contribution in [2.75, 3.05) is 19.7 Å². The monoisotopic (exact) mass is 343 g/mol. The molecule has 2 unspecified atom stereocenters. The molecule has 0 saturated carbocycles. The van der Waals surface area contributed by atoms with Crippen LogP contribution in [0.1, 0.15) is 24.3 Å². The Morgan fingerprint density at radius 2 is 2.04 bits per heavy atom. The average molecular weight is 343 g/mol. The molecule has 1 saturated heterocycles. The highest BCUT2D eigenvalue weighted by atomic mass is 16.5. The number of nitrogens with one attached hydrogen (secondary N) is 1. The molecule has 1 N–H and O–H groups in total. The van der Waals surface area contributed by atoms with Gasteiger partial charge in [0.1, 0.15) is 0 Å². The number of morpholine rings is 1. The third-order valence-corrected chi connectivity index (χ3v) is 4.13. The third kappa shape index (κ3) is 4.06. The summed E-state index contributed by atoms with van der Waals surface area (Å²) in [6, 6.07) is 10.9. The molecule has 3 rings (SSSR count). The van der Waals surface area contributed by atoms with E-state index in [1.165, 1.54) is 0 Å². The molecule has 1 aliphatic heterocycles. The minimum Gasteiger partial charge on any atom is -0.375 e. The number of carbonyl (C=O) groups is 2. The molecule has 2 aromatic rings. The van der Waals surface area contributed by atoms with Crippen LogP contribution in [-0.2, 0) is 9.53 Å². The lowest BCUT2D eigenvalue weighted by Gasteiger charge is -2.36. The minimum absolute atomic E-state index is 0.000164. The van der Waals surface area contributed by atoms with Crippen molar-refractivity contribution < 1.29 is 18.8 Å². The summed E-state index contributed by atoms with van der Waals surface area (Å²) in [5, 5.41) is 6.38. The molecule has 2 atom stereocenters. The van der Waals surface area contributed by atoms with Crippen LogP contribution in [0, 0.1) is 0 Å². The van der Waals surface area contributed by atoms with Crippen LogP contribution in [-0.4, -0.2) is 53.7 Å². The summed E-state index contributed by atoms with van der Waals surface area (Å²) in [5.74, 6) is -0.0660. The van der Waals surface area contributed by atoms with E-state index < -0.39 is 5.91 Å². The molecule has 1 aromatic heterocycles. The zero-order chi connectivity index (χ0) is 17.8.